The molecular weight excluding hydrogens is 278 g/mol. The van der Waals surface area contributed by atoms with Gasteiger partial charge < -0.3 is 5.32 Å². The summed E-state index contributed by atoms with van der Waals surface area (Å²) in [4.78, 5) is 24.8. The second-order valence-corrected chi connectivity index (χ2v) is 5.14. The van der Waals surface area contributed by atoms with Gasteiger partial charge in [0.2, 0.25) is 0 Å². The number of pyridine rings is 2. The van der Waals surface area contributed by atoms with Gasteiger partial charge in [-0.15, -0.1) is 0 Å². The molecule has 112 valence electrons. The monoisotopic (exact) mass is 295 g/mol. The van der Waals surface area contributed by atoms with Crippen molar-refractivity contribution in [3.63, 3.8) is 0 Å². The highest BCUT2D eigenvalue weighted by Crippen LogP contribution is 2.05. The number of fused-ring (bicyclic) bond motifs is 1. The van der Waals surface area contributed by atoms with Crippen molar-refractivity contribution in [3.05, 3.63) is 59.0 Å². The molecule has 3 aromatic heterocycles. The first kappa shape index (κ1) is 14.2. The summed E-state index contributed by atoms with van der Waals surface area (Å²) < 4.78 is 1.62. The summed E-state index contributed by atoms with van der Waals surface area (Å²) in [5.41, 5.74) is 1.76. The third-order valence-electron chi connectivity index (χ3n) is 3.42. The van der Waals surface area contributed by atoms with E-state index >= 15 is 0 Å². The molecule has 0 unspecified atom stereocenters. The zero-order valence-electron chi connectivity index (χ0n) is 12.4. The molecule has 0 aliphatic heterocycles. The van der Waals surface area contributed by atoms with E-state index in [1.54, 1.807) is 29.4 Å². The maximum Gasteiger partial charge on any atom is 0.262 e. The smallest absolute Gasteiger partial charge is 0.262 e. The minimum Gasteiger partial charge on any atom is -0.370 e. The summed E-state index contributed by atoms with van der Waals surface area (Å²) in [6, 6.07) is 5.70. The quantitative estimate of drug-likeness (QED) is 0.729. The van der Waals surface area contributed by atoms with Crippen LogP contribution in [0.3, 0.4) is 0 Å². The van der Waals surface area contributed by atoms with Gasteiger partial charge in [-0.3, -0.25) is 14.3 Å². The van der Waals surface area contributed by atoms with E-state index in [9.17, 15) is 4.79 Å². The van der Waals surface area contributed by atoms with Gasteiger partial charge in [-0.05, 0) is 31.0 Å². The van der Waals surface area contributed by atoms with Crippen LogP contribution in [0.25, 0.3) is 10.9 Å². The van der Waals surface area contributed by atoms with E-state index in [4.69, 9.17) is 0 Å². The number of rotatable bonds is 5. The van der Waals surface area contributed by atoms with Gasteiger partial charge in [0, 0.05) is 31.7 Å². The van der Waals surface area contributed by atoms with Gasteiger partial charge in [0.1, 0.15) is 5.82 Å². The lowest BCUT2D eigenvalue weighted by atomic mass is 10.3. The number of aromatic nitrogens is 4. The average molecular weight is 295 g/mol. The second kappa shape index (κ2) is 6.34. The topological polar surface area (TPSA) is 72.7 Å². The fraction of sp³-hybridized carbons (Fsp3) is 0.250. The highest BCUT2D eigenvalue weighted by Gasteiger charge is 2.03. The second-order valence-electron chi connectivity index (χ2n) is 5.14. The minimum atomic E-state index is -0.0495. The molecule has 0 radical (unpaired) electrons. The highest BCUT2D eigenvalue weighted by molar-refractivity contribution is 5.75. The van der Waals surface area contributed by atoms with Crippen LogP contribution >= 0.6 is 0 Å². The number of anilines is 1. The predicted octanol–water partition coefficient (Wildman–Crippen LogP) is 2.00. The first-order chi connectivity index (χ1) is 10.7. The van der Waals surface area contributed by atoms with Gasteiger partial charge in [-0.1, -0.05) is 6.07 Å². The molecule has 6 heteroatoms. The molecule has 0 bridgehead atoms. The lowest BCUT2D eigenvalue weighted by Crippen LogP contribution is -2.22. The van der Waals surface area contributed by atoms with Crippen LogP contribution in [0.2, 0.25) is 0 Å². The number of hydrogen-bond donors (Lipinski definition) is 1. The van der Waals surface area contributed by atoms with E-state index in [1.807, 2.05) is 25.3 Å². The summed E-state index contributed by atoms with van der Waals surface area (Å²) in [6.45, 7) is 3.36. The molecule has 3 heterocycles. The van der Waals surface area contributed by atoms with Crippen molar-refractivity contribution in [2.24, 2.45) is 0 Å². The Balaban J connectivity index is 1.61. The van der Waals surface area contributed by atoms with Crippen LogP contribution in [0.15, 0.2) is 47.9 Å². The van der Waals surface area contributed by atoms with E-state index < -0.39 is 0 Å². The Morgan fingerprint density at radius 3 is 2.91 bits per heavy atom. The molecule has 3 rings (SSSR count). The molecule has 0 aliphatic rings. The van der Waals surface area contributed by atoms with E-state index in [1.165, 1.54) is 0 Å². The van der Waals surface area contributed by atoms with E-state index in [2.05, 4.69) is 20.3 Å². The average Bonchev–Trinajstić information content (AvgIpc) is 2.55. The summed E-state index contributed by atoms with van der Waals surface area (Å²) in [5.74, 6) is 0.846. The summed E-state index contributed by atoms with van der Waals surface area (Å²) in [7, 11) is 0. The third kappa shape index (κ3) is 3.11. The Hall–Kier alpha value is -2.76. The fourth-order valence-corrected chi connectivity index (χ4v) is 2.20. The molecule has 0 aliphatic carbocycles. The molecule has 0 aromatic carbocycles. The first-order valence-electron chi connectivity index (χ1n) is 7.20. The molecule has 0 saturated carbocycles. The zero-order valence-corrected chi connectivity index (χ0v) is 12.4. The molecule has 0 amide bonds. The largest absolute Gasteiger partial charge is 0.370 e. The van der Waals surface area contributed by atoms with Gasteiger partial charge in [0.05, 0.1) is 17.2 Å². The normalized spacial score (nSPS) is 10.8. The number of hydrogen-bond acceptors (Lipinski definition) is 5. The maximum atomic E-state index is 12.3. The van der Waals surface area contributed by atoms with Crippen molar-refractivity contribution in [1.82, 2.24) is 19.5 Å². The van der Waals surface area contributed by atoms with Gasteiger partial charge in [0.25, 0.3) is 5.56 Å². The Labute approximate surface area is 127 Å². The number of nitrogens with one attached hydrogen (secondary N) is 1. The molecule has 0 fully saturated rings. The molecule has 6 nitrogen and oxygen atoms in total. The molecule has 3 aromatic rings. The van der Waals surface area contributed by atoms with Crippen molar-refractivity contribution in [1.29, 1.82) is 0 Å². The molecule has 0 spiro atoms. The maximum absolute atomic E-state index is 12.3. The van der Waals surface area contributed by atoms with Crippen LogP contribution in [0.1, 0.15) is 12.0 Å². The van der Waals surface area contributed by atoms with Gasteiger partial charge in [-0.25, -0.2) is 9.97 Å². The van der Waals surface area contributed by atoms with Gasteiger partial charge in [-0.2, -0.15) is 0 Å². The third-order valence-corrected chi connectivity index (χ3v) is 3.42. The Morgan fingerprint density at radius 1 is 1.18 bits per heavy atom. The summed E-state index contributed by atoms with van der Waals surface area (Å²) >= 11 is 0. The van der Waals surface area contributed by atoms with Crippen molar-refractivity contribution < 1.29 is 0 Å². The van der Waals surface area contributed by atoms with Gasteiger partial charge in [0.15, 0.2) is 0 Å². The summed E-state index contributed by atoms with van der Waals surface area (Å²) in [6.07, 6.45) is 7.43. The van der Waals surface area contributed by atoms with Crippen molar-refractivity contribution in [2.45, 2.75) is 19.9 Å². The predicted molar refractivity (Wildman–Crippen MR) is 85.9 cm³/mol. The molecule has 0 saturated heterocycles. The Kier molecular flexibility index (Phi) is 4.09. The standard InChI is InChI=1S/C16H17N5O/c1-12-3-4-15(19-9-12)18-6-2-8-21-11-20-14-5-7-17-10-13(14)16(21)22/h3-5,7,9-11H,2,6,8H2,1H3,(H,18,19). The molecular formula is C16H17N5O. The van der Waals surface area contributed by atoms with Crippen molar-refractivity contribution >= 4 is 16.7 Å². The van der Waals surface area contributed by atoms with Crippen molar-refractivity contribution in [2.75, 3.05) is 11.9 Å². The van der Waals surface area contributed by atoms with Crippen LogP contribution in [0, 0.1) is 6.92 Å². The van der Waals surface area contributed by atoms with Crippen LogP contribution in [0.4, 0.5) is 5.82 Å². The van der Waals surface area contributed by atoms with E-state index in [0.717, 1.165) is 24.3 Å². The van der Waals surface area contributed by atoms with Crippen molar-refractivity contribution in [3.8, 4) is 0 Å². The Morgan fingerprint density at radius 2 is 2.09 bits per heavy atom. The van der Waals surface area contributed by atoms with Crippen LogP contribution < -0.4 is 10.9 Å². The lowest BCUT2D eigenvalue weighted by Gasteiger charge is -2.08. The van der Waals surface area contributed by atoms with Crippen LogP contribution in [0.5, 0.6) is 0 Å². The highest BCUT2D eigenvalue weighted by atomic mass is 16.1. The zero-order chi connectivity index (χ0) is 15.4. The fourth-order valence-electron chi connectivity index (χ4n) is 2.20. The van der Waals surface area contributed by atoms with E-state index in [-0.39, 0.29) is 5.56 Å². The van der Waals surface area contributed by atoms with Crippen LogP contribution in [-0.4, -0.2) is 26.1 Å². The molecule has 22 heavy (non-hydrogen) atoms. The number of nitrogens with zero attached hydrogens (tertiary/aromatic N) is 4. The number of aryl methyl sites for hydroxylation is 2. The summed E-state index contributed by atoms with van der Waals surface area (Å²) in [5, 5.41) is 3.79. The minimum absolute atomic E-state index is 0.0495. The SMILES string of the molecule is Cc1ccc(NCCCn2cnc3ccncc3c2=O)nc1. The Bertz CT molecular complexity index is 826. The van der Waals surface area contributed by atoms with E-state index in [0.29, 0.717) is 17.4 Å². The van der Waals surface area contributed by atoms with Gasteiger partial charge >= 0.3 is 0 Å². The first-order valence-corrected chi connectivity index (χ1v) is 7.20. The molecule has 0 atom stereocenters. The lowest BCUT2D eigenvalue weighted by molar-refractivity contribution is 0.633. The molecule has 1 N–H and O–H groups in total. The van der Waals surface area contributed by atoms with Crippen LogP contribution in [-0.2, 0) is 6.54 Å².